The number of phenols is 1. The number of anilines is 2. The van der Waals surface area contributed by atoms with E-state index in [2.05, 4.69) is 14.8 Å². The van der Waals surface area contributed by atoms with Crippen molar-refractivity contribution in [2.75, 3.05) is 17.1 Å². The van der Waals surface area contributed by atoms with E-state index in [1.807, 2.05) is 0 Å². The standard InChI is InChI=1S/C21H17FN2O6S/c1-30-21(27)17-3-2-4-18(19(17)25)23-20(26)13-5-9-15(10-6-13)24-31(28,29)16-11-7-14(22)8-12-16/h2-12,24-25H,1H3,(H,23,26). The van der Waals surface area contributed by atoms with Crippen LogP contribution in [0.4, 0.5) is 15.8 Å². The molecular formula is C21H17FN2O6S. The van der Waals surface area contributed by atoms with Crippen LogP contribution in [0.25, 0.3) is 0 Å². The lowest BCUT2D eigenvalue weighted by molar-refractivity contribution is 0.0597. The predicted octanol–water partition coefficient (Wildman–Crippen LogP) is 3.37. The number of sulfonamides is 1. The Balaban J connectivity index is 1.74. The first kappa shape index (κ1) is 21.8. The topological polar surface area (TPSA) is 122 Å². The number of methoxy groups -OCH3 is 1. The highest BCUT2D eigenvalue weighted by Crippen LogP contribution is 2.28. The first-order chi connectivity index (χ1) is 14.7. The van der Waals surface area contributed by atoms with Gasteiger partial charge >= 0.3 is 5.97 Å². The normalized spacial score (nSPS) is 10.9. The highest BCUT2D eigenvalue weighted by molar-refractivity contribution is 7.92. The third kappa shape index (κ3) is 4.98. The second-order valence-corrected chi connectivity index (χ2v) is 7.97. The van der Waals surface area contributed by atoms with E-state index in [0.717, 1.165) is 24.3 Å². The maximum Gasteiger partial charge on any atom is 0.341 e. The summed E-state index contributed by atoms with van der Waals surface area (Å²) < 4.78 is 44.6. The summed E-state index contributed by atoms with van der Waals surface area (Å²) in [4.78, 5) is 24.0. The number of ether oxygens (including phenoxy) is 1. The Bertz CT molecular complexity index is 1230. The molecule has 0 unspecified atom stereocenters. The van der Waals surface area contributed by atoms with Crippen LogP contribution in [0.2, 0.25) is 0 Å². The molecule has 0 spiro atoms. The maximum atomic E-state index is 13.0. The number of esters is 1. The summed E-state index contributed by atoms with van der Waals surface area (Å²) in [5.41, 5.74) is 0.267. The Morgan fingerprint density at radius 3 is 2.23 bits per heavy atom. The number of benzene rings is 3. The molecule has 10 heteroatoms. The van der Waals surface area contributed by atoms with Gasteiger partial charge in [0.05, 0.1) is 17.7 Å². The third-order valence-electron chi connectivity index (χ3n) is 4.21. The Hall–Kier alpha value is -3.92. The SMILES string of the molecule is COC(=O)c1cccc(NC(=O)c2ccc(NS(=O)(=O)c3ccc(F)cc3)cc2)c1O. The summed E-state index contributed by atoms with van der Waals surface area (Å²) in [6.07, 6.45) is 0. The molecule has 0 aromatic heterocycles. The summed E-state index contributed by atoms with van der Waals surface area (Å²) in [6, 6.07) is 14.1. The van der Waals surface area contributed by atoms with Crippen LogP contribution in [0.1, 0.15) is 20.7 Å². The molecule has 0 radical (unpaired) electrons. The minimum atomic E-state index is -3.93. The van der Waals surface area contributed by atoms with Crippen molar-refractivity contribution in [1.29, 1.82) is 0 Å². The smallest absolute Gasteiger partial charge is 0.341 e. The average Bonchev–Trinajstić information content (AvgIpc) is 2.75. The first-order valence-electron chi connectivity index (χ1n) is 8.81. The van der Waals surface area contributed by atoms with Gasteiger partial charge in [0.15, 0.2) is 5.75 Å². The predicted molar refractivity (Wildman–Crippen MR) is 111 cm³/mol. The fraction of sp³-hybridized carbons (Fsp3) is 0.0476. The molecular weight excluding hydrogens is 427 g/mol. The number of carbonyl (C=O) groups is 2. The second kappa shape index (κ2) is 8.84. The number of hydrogen-bond donors (Lipinski definition) is 3. The molecule has 0 heterocycles. The van der Waals surface area contributed by atoms with Gasteiger partial charge in [-0.05, 0) is 60.7 Å². The first-order valence-corrected chi connectivity index (χ1v) is 10.3. The van der Waals surface area contributed by atoms with Crippen LogP contribution in [0.15, 0.2) is 71.6 Å². The lowest BCUT2D eigenvalue weighted by Gasteiger charge is -2.11. The number of rotatable bonds is 6. The number of hydrogen-bond acceptors (Lipinski definition) is 6. The number of aromatic hydroxyl groups is 1. The molecule has 1 amide bonds. The van der Waals surface area contributed by atoms with Crippen molar-refractivity contribution in [3.05, 3.63) is 83.7 Å². The number of phenolic OH excluding ortho intramolecular Hbond substituents is 1. The van der Waals surface area contributed by atoms with Gasteiger partial charge in [0.25, 0.3) is 15.9 Å². The van der Waals surface area contributed by atoms with E-state index in [1.165, 1.54) is 49.6 Å². The fourth-order valence-corrected chi connectivity index (χ4v) is 3.69. The van der Waals surface area contributed by atoms with Crippen LogP contribution < -0.4 is 10.0 Å². The van der Waals surface area contributed by atoms with E-state index in [9.17, 15) is 27.5 Å². The monoisotopic (exact) mass is 444 g/mol. The Labute approximate surface area is 177 Å². The van der Waals surface area contributed by atoms with E-state index in [-0.39, 0.29) is 27.4 Å². The van der Waals surface area contributed by atoms with E-state index < -0.39 is 33.5 Å². The summed E-state index contributed by atoms with van der Waals surface area (Å²) >= 11 is 0. The summed E-state index contributed by atoms with van der Waals surface area (Å²) in [5, 5.41) is 12.6. The van der Waals surface area contributed by atoms with Crippen LogP contribution in [-0.4, -0.2) is 32.5 Å². The van der Waals surface area contributed by atoms with Crippen LogP contribution >= 0.6 is 0 Å². The molecule has 160 valence electrons. The number of halogens is 1. The molecule has 0 saturated carbocycles. The number of para-hydroxylation sites is 1. The number of amides is 1. The zero-order valence-corrected chi connectivity index (χ0v) is 16.9. The van der Waals surface area contributed by atoms with Crippen LogP contribution in [0, 0.1) is 5.82 Å². The molecule has 3 aromatic rings. The molecule has 0 atom stereocenters. The highest BCUT2D eigenvalue weighted by Gasteiger charge is 2.17. The molecule has 3 rings (SSSR count). The van der Waals surface area contributed by atoms with Gasteiger partial charge in [-0.1, -0.05) is 6.07 Å². The van der Waals surface area contributed by atoms with E-state index in [1.54, 1.807) is 0 Å². The summed E-state index contributed by atoms with van der Waals surface area (Å²) in [5.74, 6) is -2.35. The minimum Gasteiger partial charge on any atom is -0.505 e. The lowest BCUT2D eigenvalue weighted by atomic mass is 10.1. The molecule has 0 aliphatic carbocycles. The van der Waals surface area contributed by atoms with Crippen LogP contribution in [0.5, 0.6) is 5.75 Å². The fourth-order valence-electron chi connectivity index (χ4n) is 2.63. The molecule has 3 N–H and O–H groups in total. The van der Waals surface area contributed by atoms with Crippen molar-refractivity contribution in [3.8, 4) is 5.75 Å². The molecule has 8 nitrogen and oxygen atoms in total. The zero-order chi connectivity index (χ0) is 22.6. The summed E-state index contributed by atoms with van der Waals surface area (Å²) in [7, 11) is -2.76. The minimum absolute atomic E-state index is 0.00832. The number of nitrogens with one attached hydrogen (secondary N) is 2. The third-order valence-corrected chi connectivity index (χ3v) is 5.61. The van der Waals surface area contributed by atoms with Gasteiger partial charge in [-0.25, -0.2) is 17.6 Å². The van der Waals surface area contributed by atoms with Crippen molar-refractivity contribution >= 4 is 33.3 Å². The molecule has 0 aliphatic rings. The van der Waals surface area contributed by atoms with Crippen molar-refractivity contribution < 1.29 is 32.2 Å². The molecule has 0 bridgehead atoms. The van der Waals surface area contributed by atoms with Crippen molar-refractivity contribution in [3.63, 3.8) is 0 Å². The van der Waals surface area contributed by atoms with Crippen molar-refractivity contribution in [2.45, 2.75) is 4.90 Å². The van der Waals surface area contributed by atoms with E-state index in [0.29, 0.717) is 0 Å². The average molecular weight is 444 g/mol. The van der Waals surface area contributed by atoms with Gasteiger partial charge in [-0.2, -0.15) is 0 Å². The van der Waals surface area contributed by atoms with Crippen molar-refractivity contribution in [1.82, 2.24) is 0 Å². The van der Waals surface area contributed by atoms with Gasteiger partial charge in [0, 0.05) is 11.3 Å². The van der Waals surface area contributed by atoms with Gasteiger partial charge in [0.2, 0.25) is 0 Å². The molecule has 0 saturated heterocycles. The van der Waals surface area contributed by atoms with Gasteiger partial charge in [-0.3, -0.25) is 9.52 Å². The summed E-state index contributed by atoms with van der Waals surface area (Å²) in [6.45, 7) is 0. The molecule has 0 aliphatic heterocycles. The Kier molecular flexibility index (Phi) is 6.21. The van der Waals surface area contributed by atoms with Gasteiger partial charge in [0.1, 0.15) is 11.4 Å². The second-order valence-electron chi connectivity index (χ2n) is 6.28. The largest absolute Gasteiger partial charge is 0.505 e. The van der Waals surface area contributed by atoms with Gasteiger partial charge < -0.3 is 15.2 Å². The molecule has 31 heavy (non-hydrogen) atoms. The maximum absolute atomic E-state index is 13.0. The van der Waals surface area contributed by atoms with Crippen LogP contribution in [-0.2, 0) is 14.8 Å². The zero-order valence-electron chi connectivity index (χ0n) is 16.1. The Morgan fingerprint density at radius 1 is 0.968 bits per heavy atom. The van der Waals surface area contributed by atoms with Gasteiger partial charge in [-0.15, -0.1) is 0 Å². The quantitative estimate of drug-likeness (QED) is 0.396. The van der Waals surface area contributed by atoms with E-state index >= 15 is 0 Å². The van der Waals surface area contributed by atoms with Crippen molar-refractivity contribution in [2.24, 2.45) is 0 Å². The molecule has 0 fully saturated rings. The number of carbonyl (C=O) groups excluding carboxylic acids is 2. The lowest BCUT2D eigenvalue weighted by Crippen LogP contribution is -2.14. The van der Waals surface area contributed by atoms with Crippen LogP contribution in [0.3, 0.4) is 0 Å². The Morgan fingerprint density at radius 2 is 1.61 bits per heavy atom. The molecule has 3 aromatic carbocycles. The van der Waals surface area contributed by atoms with E-state index in [4.69, 9.17) is 0 Å². The highest BCUT2D eigenvalue weighted by atomic mass is 32.2.